The van der Waals surface area contributed by atoms with Crippen molar-refractivity contribution >= 4 is 122 Å². The van der Waals surface area contributed by atoms with Crippen molar-refractivity contribution < 1.29 is 127 Å². The van der Waals surface area contributed by atoms with Gasteiger partial charge in [-0.25, -0.2) is 29.7 Å². The van der Waals surface area contributed by atoms with Gasteiger partial charge in [-0.1, -0.05) is 95.3 Å². The molecule has 2 bridgehead atoms. The van der Waals surface area contributed by atoms with E-state index >= 15 is 4.79 Å². The number of aliphatic hydroxyl groups is 6. The van der Waals surface area contributed by atoms with Gasteiger partial charge in [0.1, 0.15) is 43.4 Å². The number of nitrogens with two attached hydrogens (primary N) is 1. The second-order valence-electron chi connectivity index (χ2n) is 33.9. The molecular weight excluding hydrogens is 1780 g/mol. The van der Waals surface area contributed by atoms with Gasteiger partial charge in [-0.15, -0.1) is 5.10 Å². The van der Waals surface area contributed by atoms with Crippen LogP contribution in [0.15, 0.2) is 90.0 Å². The number of ketones is 2. The number of hydrogen-bond acceptors (Lipinski definition) is 37. The van der Waals surface area contributed by atoms with Crippen LogP contribution in [0.5, 0.6) is 5.75 Å². The summed E-state index contributed by atoms with van der Waals surface area (Å²) >= 11 is 0. The molecule has 43 nitrogen and oxygen atoms in total. The molecule has 133 heavy (non-hydrogen) atoms. The summed E-state index contributed by atoms with van der Waals surface area (Å²) in [5, 5.41) is 94.2. The Morgan fingerprint density at radius 2 is 1.57 bits per heavy atom. The van der Waals surface area contributed by atoms with Gasteiger partial charge in [0.25, 0.3) is 17.9 Å². The first-order chi connectivity index (χ1) is 63.8. The lowest BCUT2D eigenvalue weighted by molar-refractivity contribution is -0.294. The Morgan fingerprint density at radius 3 is 2.29 bits per heavy atom. The van der Waals surface area contributed by atoms with Crippen LogP contribution in [0.1, 0.15) is 135 Å². The number of rotatable bonds is 36. The Balaban J connectivity index is 0.00000182. The van der Waals surface area contributed by atoms with Crippen molar-refractivity contribution in [2.75, 3.05) is 95.4 Å². The molecular formula is C88H108N16O27S2. The minimum Gasteiger partial charge on any atom is -0.496 e. The molecule has 6 aliphatic heterocycles. The quantitative estimate of drug-likeness (QED) is 0.00632. The third-order valence-electron chi connectivity index (χ3n) is 26.1. The first kappa shape index (κ1) is 102. The van der Waals surface area contributed by atoms with E-state index in [4.69, 9.17) is 58.2 Å². The number of nitrogens with zero attached hydrogens (tertiary/aromatic N) is 9. The molecule has 7 aromatic rings. The summed E-state index contributed by atoms with van der Waals surface area (Å²) in [4.78, 5) is 194. The van der Waals surface area contributed by atoms with Crippen molar-refractivity contribution in [2.45, 2.75) is 194 Å². The van der Waals surface area contributed by atoms with Crippen LogP contribution in [0, 0.1) is 17.3 Å². The number of aromatic amines is 2. The number of ether oxygens (including phenoxy) is 5. The van der Waals surface area contributed by atoms with Gasteiger partial charge in [-0.2, -0.15) is 33.8 Å². The molecule has 1 saturated carbocycles. The highest BCUT2D eigenvalue weighted by atomic mass is 33.1. The number of methoxy groups -OCH3 is 1. The van der Waals surface area contributed by atoms with Crippen LogP contribution in [0.3, 0.4) is 0 Å². The third kappa shape index (κ3) is 22.1. The van der Waals surface area contributed by atoms with Gasteiger partial charge in [0.15, 0.2) is 40.7 Å². The van der Waals surface area contributed by atoms with E-state index in [2.05, 4.69) is 78.6 Å². The number of unbranched alkanes of at least 4 members (excludes halogenated alkanes) is 1. The molecule has 14 rings (SSSR count). The molecule has 45 heteroatoms. The monoisotopic (exact) mass is 1880 g/mol. The number of amides is 4. The molecule has 17 atom stereocenters. The second-order valence-corrected chi connectivity index (χ2v) is 36.6. The first-order valence-electron chi connectivity index (χ1n) is 43.3. The molecule has 10 heterocycles. The number of carbonyl (C=O) groups excluding carboxylic acids is 13. The van der Waals surface area contributed by atoms with Crippen LogP contribution in [-0.2, 0) is 120 Å². The number of nitrogens with one attached hydrogen (secondary N) is 6. The van der Waals surface area contributed by atoms with Gasteiger partial charge in [-0.3, -0.25) is 53.8 Å². The number of carbonyl (C=O) groups is 8. The molecule has 3 saturated heterocycles. The number of Topliss-reactive ketones (excluding diaryl/α,β-unsaturated/α-hetero) is 2. The Kier molecular flexibility index (Phi) is 34.6. The average molecular weight is 1890 g/mol. The van der Waals surface area contributed by atoms with Crippen LogP contribution in [0.4, 0.5) is 16.4 Å². The van der Waals surface area contributed by atoms with Gasteiger partial charge in [0.05, 0.1) is 66.9 Å². The lowest BCUT2D eigenvalue weighted by Gasteiger charge is -2.63. The fraction of sp³-hybridized carbons (Fsp3) is 0.534. The van der Waals surface area contributed by atoms with E-state index < -0.39 is 129 Å². The number of benzene rings is 3. The molecule has 4 fully saturated rings. The summed E-state index contributed by atoms with van der Waals surface area (Å²) in [6, 6.07) is 16.7. The molecule has 3 unspecified atom stereocenters. The maximum atomic E-state index is 15.4. The number of aryl methyl sites for hydroxylation is 2. The summed E-state index contributed by atoms with van der Waals surface area (Å²) in [5.41, 5.74) is 10.4. The average Bonchev–Trinajstić information content (AvgIpc) is 1.48. The van der Waals surface area contributed by atoms with Crippen molar-refractivity contribution in [3.05, 3.63) is 140 Å². The topological polar surface area (TPSA) is 629 Å². The van der Waals surface area contributed by atoms with E-state index in [1.165, 1.54) is 45.6 Å². The summed E-state index contributed by atoms with van der Waals surface area (Å²) in [5.74, 6) is -4.37. The molecule has 4 amide bonds. The number of hydrogen-bond donors (Lipinski definition) is 14. The van der Waals surface area contributed by atoms with Crippen molar-refractivity contribution in [3.8, 4) is 5.75 Å². The lowest BCUT2D eigenvalue weighted by atomic mass is 9.47. The predicted octanol–water partition coefficient (Wildman–Crippen LogP) is 0.412. The standard InChI is InChI=1S/C85H108N16O21S2.3CO2/c1-6-81(116)39-49-40-83(45-119-46-102,69-55(23-28-99(42-49)44-81)54-13-8-9-14-58(54)91-69)57-37-56-59(38-62(57)118-5)98(4)76-84(56)25-29-100-27-12-24-82(7-2,75(84)100)77(113)85(76,117)78(114)95-96-80(115)121-32-34-124-123-33-26-87-71(109)51(35-53-43-101(97-94-53)30-31-120-74-67(108)65(106)66(107)68(122-74)73(111)112)36-61(104)47(3)89-63(105)16-11-10-15-60(103)50-20-17-48(18-21-50)19-22-52-41-88-70-64(90-52)72(110)93-79(86)92-70;3*2-1-3/h8-9,12-14,17-18,20-21,24,37-38,41,43,46-47,49,51,65-68,74-77,91,106-108,113,116-117H,6-7,10-11,15-16,19,22-23,25-36,39-40,42,44-45H2,1-5H3,(H,87,109)(H,89,105)(H,95,114)(H,96,115)(H,111,112)(H3,86,88,92,93,110);;;/t47-,49+,51+,65-,66-,67?,68?,74+,75-,76+,77+,81-,82+,83-,84+,85+;;;/m0.../s1. The van der Waals surface area contributed by atoms with Gasteiger partial charge in [0.2, 0.25) is 17.8 Å². The number of aromatic nitrogens is 8. The number of hydrazine groups is 1. The van der Waals surface area contributed by atoms with E-state index in [1.807, 2.05) is 67.3 Å². The van der Waals surface area contributed by atoms with Crippen molar-refractivity contribution in [1.29, 1.82) is 0 Å². The van der Waals surface area contributed by atoms with Crippen LogP contribution in [-0.4, -0.2) is 303 Å². The molecule has 3 aromatic carbocycles. The number of aliphatic carboxylic acids is 1. The third-order valence-corrected chi connectivity index (χ3v) is 28.5. The minimum absolute atomic E-state index is 0.00720. The van der Waals surface area contributed by atoms with E-state index in [0.717, 1.165) is 33.3 Å². The first-order valence-corrected chi connectivity index (χ1v) is 45.8. The summed E-state index contributed by atoms with van der Waals surface area (Å²) in [7, 11) is 6.02. The molecule has 1 spiro atoms. The molecule has 714 valence electrons. The predicted molar refractivity (Wildman–Crippen MR) is 468 cm³/mol. The van der Waals surface area contributed by atoms with Gasteiger partial charge in [-0.05, 0) is 112 Å². The maximum Gasteiger partial charge on any atom is 0.426 e. The highest BCUT2D eigenvalue weighted by Crippen LogP contribution is 2.68. The number of nitrogen functional groups attached to an aromatic ring is 1. The van der Waals surface area contributed by atoms with E-state index in [1.54, 1.807) is 26.3 Å². The van der Waals surface area contributed by atoms with Gasteiger partial charge < -0.3 is 85.7 Å². The fourth-order valence-corrected chi connectivity index (χ4v) is 22.0. The second kappa shape index (κ2) is 45.2. The SMILES string of the molecule is CC[C@]1(O)C[C@H]2CN(CCc3c([nH]c4ccccc34)[C@@](COC=O)(c3cc4c(cc3OC)N(C)[C@H]3[C@](O)(C(=O)NNC(=O)OCCSSCCNC(=O)[C@@H](CC(=O)[C@H](C)NC(=O)CCCCC(=O)c5ccc(CCc6cnc7nc(N)[nH]c(=O)c7n6)cc5)Cc5cn(CCO[C@@H]6OC(C(=O)O)[C@@H](O)[C@H](O)C6O)nn5)[C@H](O)[C@]5(CC)C=CCN6CC[C@]43[C@@H]65)C2)C1.O=C=O.O=C=O.O=C=O. The van der Waals surface area contributed by atoms with E-state index in [-0.39, 0.29) is 117 Å². The highest BCUT2D eigenvalue weighted by Gasteiger charge is 2.79. The Labute approximate surface area is 768 Å². The number of carboxylic acids is 1. The Hall–Kier alpha value is -11.9. The van der Waals surface area contributed by atoms with Crippen LogP contribution in [0.2, 0.25) is 0 Å². The maximum absolute atomic E-state index is 15.4. The highest BCUT2D eigenvalue weighted by molar-refractivity contribution is 8.76. The van der Waals surface area contributed by atoms with E-state index in [9.17, 15) is 74.1 Å². The zero-order valence-electron chi connectivity index (χ0n) is 73.6. The van der Waals surface area contributed by atoms with Crippen molar-refractivity contribution in [2.24, 2.45) is 17.3 Å². The van der Waals surface area contributed by atoms with E-state index in [0.29, 0.717) is 137 Å². The number of para-hydroxylation sites is 1. The normalized spacial score (nSPS) is 26.1. The number of aliphatic hydroxyl groups excluding tert-OH is 4. The number of piperidine rings is 1. The zero-order chi connectivity index (χ0) is 96.3. The van der Waals surface area contributed by atoms with Gasteiger partial charge >= 0.3 is 30.5 Å². The number of anilines is 2. The number of carboxylic acid groups (broad SMARTS) is 1. The summed E-state index contributed by atoms with van der Waals surface area (Å²) in [6.45, 7) is 8.45. The van der Waals surface area contributed by atoms with Crippen molar-refractivity contribution in [3.63, 3.8) is 0 Å². The zero-order valence-corrected chi connectivity index (χ0v) is 75.2. The van der Waals surface area contributed by atoms with Crippen LogP contribution in [0.25, 0.3) is 22.1 Å². The Bertz CT molecular complexity index is 5530. The number of H-pyrrole nitrogens is 2. The number of likely N-dealkylation sites (N-methyl/N-ethyl adjacent to an activating group) is 1. The smallest absolute Gasteiger partial charge is 0.426 e. The summed E-state index contributed by atoms with van der Waals surface area (Å²) in [6.07, 6.45) is 0.114. The molecule has 15 N–H and O–H groups in total. The van der Waals surface area contributed by atoms with Gasteiger partial charge in [0, 0.05) is 140 Å². The molecule has 4 aromatic heterocycles. The van der Waals surface area contributed by atoms with Crippen LogP contribution >= 0.6 is 21.6 Å². The number of fused-ring (bicyclic) bond motifs is 7. The lowest BCUT2D eigenvalue weighted by Crippen LogP contribution is -2.82. The molecule has 1 aliphatic carbocycles. The largest absolute Gasteiger partial charge is 0.496 e. The van der Waals surface area contributed by atoms with Crippen molar-refractivity contribution in [1.82, 2.24) is 71.2 Å². The molecule has 0 radical (unpaired) electrons. The summed E-state index contributed by atoms with van der Waals surface area (Å²) < 4.78 is 30.1. The van der Waals surface area contributed by atoms with Crippen LogP contribution < -0.4 is 42.4 Å². The minimum atomic E-state index is -2.62. The Morgan fingerprint density at radius 1 is 0.842 bits per heavy atom. The fourth-order valence-electron chi connectivity index (χ4n) is 20.2. The molecule has 7 aliphatic rings.